The average molecular weight is 277 g/mol. The molecule has 0 bridgehead atoms. The van der Waals surface area contributed by atoms with Crippen LogP contribution in [0.1, 0.15) is 39.0 Å². The van der Waals surface area contributed by atoms with Crippen LogP contribution in [0.4, 0.5) is 5.82 Å². The lowest BCUT2D eigenvalue weighted by Crippen LogP contribution is -2.40. The molecule has 0 saturated heterocycles. The maximum absolute atomic E-state index is 5.82. The van der Waals surface area contributed by atoms with Crippen molar-refractivity contribution in [1.82, 2.24) is 10.3 Å². The number of anilines is 1. The zero-order chi connectivity index (χ0) is 14.4. The number of hydrogen-bond acceptors (Lipinski definition) is 4. The summed E-state index contributed by atoms with van der Waals surface area (Å²) in [6.45, 7) is 2.87. The Kier molecular flexibility index (Phi) is 5.65. The Morgan fingerprint density at radius 2 is 2.10 bits per heavy atom. The van der Waals surface area contributed by atoms with Crippen molar-refractivity contribution in [3.63, 3.8) is 0 Å². The molecular weight excluding hydrogens is 250 g/mol. The van der Waals surface area contributed by atoms with Gasteiger partial charge in [-0.1, -0.05) is 6.92 Å². The minimum absolute atomic E-state index is 0.568. The van der Waals surface area contributed by atoms with E-state index in [9.17, 15) is 0 Å². The first-order valence-corrected chi connectivity index (χ1v) is 7.74. The van der Waals surface area contributed by atoms with Crippen LogP contribution in [0.15, 0.2) is 18.3 Å². The van der Waals surface area contributed by atoms with Crippen LogP contribution < -0.4 is 15.0 Å². The van der Waals surface area contributed by atoms with Gasteiger partial charge in [-0.25, -0.2) is 4.98 Å². The third kappa shape index (κ3) is 3.63. The largest absolute Gasteiger partial charge is 0.490 e. The van der Waals surface area contributed by atoms with Crippen molar-refractivity contribution in [3.8, 4) is 5.75 Å². The van der Waals surface area contributed by atoms with Crippen LogP contribution in [-0.2, 0) is 0 Å². The summed E-state index contributed by atoms with van der Waals surface area (Å²) in [5, 5.41) is 3.38. The van der Waals surface area contributed by atoms with E-state index in [0.29, 0.717) is 12.1 Å². The number of aromatic nitrogens is 1. The predicted octanol–water partition coefficient (Wildman–Crippen LogP) is 2.84. The van der Waals surface area contributed by atoms with Crippen LogP contribution in [0.2, 0.25) is 0 Å². The Labute approximate surface area is 122 Å². The molecule has 2 rings (SSSR count). The number of ether oxygens (including phenoxy) is 1. The van der Waals surface area contributed by atoms with Gasteiger partial charge in [-0.05, 0) is 51.3 Å². The first-order chi connectivity index (χ1) is 9.76. The van der Waals surface area contributed by atoms with Crippen molar-refractivity contribution < 1.29 is 4.74 Å². The highest BCUT2D eigenvalue weighted by molar-refractivity contribution is 5.52. The van der Waals surface area contributed by atoms with E-state index in [1.807, 2.05) is 18.3 Å². The molecule has 1 saturated carbocycles. The van der Waals surface area contributed by atoms with Crippen molar-refractivity contribution in [3.05, 3.63) is 18.3 Å². The Hall–Kier alpha value is -1.29. The molecule has 1 fully saturated rings. The fourth-order valence-electron chi connectivity index (χ4n) is 2.90. The van der Waals surface area contributed by atoms with Gasteiger partial charge in [0.15, 0.2) is 11.6 Å². The van der Waals surface area contributed by atoms with Crippen molar-refractivity contribution in [2.45, 2.75) is 51.1 Å². The van der Waals surface area contributed by atoms with Crippen LogP contribution in [0, 0.1) is 0 Å². The van der Waals surface area contributed by atoms with Crippen LogP contribution in [0.5, 0.6) is 5.75 Å². The van der Waals surface area contributed by atoms with Gasteiger partial charge < -0.3 is 15.0 Å². The van der Waals surface area contributed by atoms with Gasteiger partial charge in [-0.3, -0.25) is 0 Å². The molecule has 0 amide bonds. The van der Waals surface area contributed by atoms with E-state index in [1.165, 1.54) is 25.7 Å². The smallest absolute Gasteiger partial charge is 0.171 e. The van der Waals surface area contributed by atoms with E-state index >= 15 is 0 Å². The summed E-state index contributed by atoms with van der Waals surface area (Å²) < 4.78 is 5.82. The molecule has 0 aromatic carbocycles. The first kappa shape index (κ1) is 15.1. The van der Waals surface area contributed by atoms with Crippen LogP contribution in [0.3, 0.4) is 0 Å². The quantitative estimate of drug-likeness (QED) is 0.867. The molecule has 112 valence electrons. The SMILES string of the molecule is CCCOc1cccnc1N(C)C1CCC(NC)CC1. The lowest BCUT2D eigenvalue weighted by molar-refractivity contribution is 0.312. The molecule has 1 aliphatic rings. The predicted molar refractivity (Wildman–Crippen MR) is 83.5 cm³/mol. The molecule has 4 nitrogen and oxygen atoms in total. The summed E-state index contributed by atoms with van der Waals surface area (Å²) in [6.07, 6.45) is 7.78. The van der Waals surface area contributed by atoms with E-state index in [4.69, 9.17) is 4.74 Å². The molecule has 0 atom stereocenters. The summed E-state index contributed by atoms with van der Waals surface area (Å²) in [5.41, 5.74) is 0. The molecule has 0 aliphatic heterocycles. The van der Waals surface area contributed by atoms with E-state index < -0.39 is 0 Å². The average Bonchev–Trinajstić information content (AvgIpc) is 2.52. The highest BCUT2D eigenvalue weighted by Gasteiger charge is 2.25. The first-order valence-electron chi connectivity index (χ1n) is 7.74. The van der Waals surface area contributed by atoms with Gasteiger partial charge in [0.05, 0.1) is 6.61 Å². The molecule has 4 heteroatoms. The highest BCUT2D eigenvalue weighted by atomic mass is 16.5. The molecule has 1 aliphatic carbocycles. The maximum atomic E-state index is 5.82. The second-order valence-corrected chi connectivity index (χ2v) is 5.58. The highest BCUT2D eigenvalue weighted by Crippen LogP contribution is 2.30. The van der Waals surface area contributed by atoms with E-state index in [2.05, 4.69) is 36.2 Å². The van der Waals surface area contributed by atoms with E-state index in [1.54, 1.807) is 0 Å². The third-order valence-electron chi connectivity index (χ3n) is 4.20. The third-order valence-corrected chi connectivity index (χ3v) is 4.20. The summed E-state index contributed by atoms with van der Waals surface area (Å²) in [5.74, 6) is 1.89. The molecule has 1 N–H and O–H groups in total. The fraction of sp³-hybridized carbons (Fsp3) is 0.688. The van der Waals surface area contributed by atoms with Crippen LogP contribution in [-0.4, -0.2) is 37.8 Å². The van der Waals surface area contributed by atoms with Crippen molar-refractivity contribution in [2.24, 2.45) is 0 Å². The van der Waals surface area contributed by atoms with Crippen molar-refractivity contribution >= 4 is 5.82 Å². The summed E-state index contributed by atoms with van der Waals surface area (Å²) >= 11 is 0. The molecule has 1 aromatic heterocycles. The maximum Gasteiger partial charge on any atom is 0.171 e. The Morgan fingerprint density at radius 1 is 1.35 bits per heavy atom. The van der Waals surface area contributed by atoms with Gasteiger partial charge in [0.1, 0.15) is 0 Å². The minimum atomic E-state index is 0.568. The zero-order valence-electron chi connectivity index (χ0n) is 12.9. The van der Waals surface area contributed by atoms with E-state index in [-0.39, 0.29) is 0 Å². The molecule has 0 unspecified atom stereocenters. The minimum Gasteiger partial charge on any atom is -0.490 e. The van der Waals surface area contributed by atoms with Crippen LogP contribution in [0.25, 0.3) is 0 Å². The molecule has 0 radical (unpaired) electrons. The standard InChI is InChI=1S/C16H27N3O/c1-4-12-20-15-6-5-11-18-16(15)19(3)14-9-7-13(17-2)8-10-14/h5-6,11,13-14,17H,4,7-10,12H2,1-3H3. The van der Waals surface area contributed by atoms with Gasteiger partial charge in [-0.15, -0.1) is 0 Å². The number of nitrogens with zero attached hydrogens (tertiary/aromatic N) is 2. The van der Waals surface area contributed by atoms with Crippen molar-refractivity contribution in [2.75, 3.05) is 25.6 Å². The fourth-order valence-corrected chi connectivity index (χ4v) is 2.90. The summed E-state index contributed by atoms with van der Waals surface area (Å²) in [4.78, 5) is 6.83. The molecule has 20 heavy (non-hydrogen) atoms. The Balaban J connectivity index is 2.03. The molecule has 1 aromatic rings. The van der Waals surface area contributed by atoms with Gasteiger partial charge in [0, 0.05) is 25.3 Å². The number of rotatable bonds is 6. The van der Waals surface area contributed by atoms with Crippen LogP contribution >= 0.6 is 0 Å². The van der Waals surface area contributed by atoms with Gasteiger partial charge in [0.25, 0.3) is 0 Å². The number of pyridine rings is 1. The van der Waals surface area contributed by atoms with E-state index in [0.717, 1.165) is 24.6 Å². The topological polar surface area (TPSA) is 37.4 Å². The normalized spacial score (nSPS) is 22.6. The second kappa shape index (κ2) is 7.48. The summed E-state index contributed by atoms with van der Waals surface area (Å²) in [6, 6.07) is 5.21. The lowest BCUT2D eigenvalue weighted by atomic mass is 9.90. The lowest BCUT2D eigenvalue weighted by Gasteiger charge is -2.35. The van der Waals surface area contributed by atoms with Crippen molar-refractivity contribution in [1.29, 1.82) is 0 Å². The Morgan fingerprint density at radius 3 is 2.75 bits per heavy atom. The van der Waals surface area contributed by atoms with Gasteiger partial charge in [-0.2, -0.15) is 0 Å². The molecular formula is C16H27N3O. The Bertz CT molecular complexity index is 402. The van der Waals surface area contributed by atoms with Gasteiger partial charge >= 0.3 is 0 Å². The number of nitrogens with one attached hydrogen (secondary N) is 1. The number of hydrogen-bond donors (Lipinski definition) is 1. The van der Waals surface area contributed by atoms with Gasteiger partial charge in [0.2, 0.25) is 0 Å². The zero-order valence-corrected chi connectivity index (χ0v) is 12.9. The summed E-state index contributed by atoms with van der Waals surface area (Å²) in [7, 11) is 4.20. The second-order valence-electron chi connectivity index (χ2n) is 5.58. The molecule has 0 spiro atoms. The monoisotopic (exact) mass is 277 g/mol. The molecule has 1 heterocycles.